The molecule has 0 aliphatic rings. The zero-order valence-corrected chi connectivity index (χ0v) is 9.19. The van der Waals surface area contributed by atoms with Crippen molar-refractivity contribution in [3.8, 4) is 6.07 Å². The lowest BCUT2D eigenvalue weighted by Crippen LogP contribution is -2.04. The van der Waals surface area contributed by atoms with Crippen LogP contribution in [0.5, 0.6) is 0 Å². The van der Waals surface area contributed by atoms with Crippen molar-refractivity contribution < 1.29 is 19.4 Å². The lowest BCUT2D eigenvalue weighted by molar-refractivity contribution is -0.135. The molecule has 0 heterocycles. The second-order valence-corrected chi connectivity index (χ2v) is 2.48. The first kappa shape index (κ1) is 16.1. The largest absolute Gasteiger partial charge is 0.478 e. The molecule has 0 radical (unpaired) electrons. The number of rotatable bonds is 3. The summed E-state index contributed by atoms with van der Waals surface area (Å²) in [5.41, 5.74) is 0.0720. The third kappa shape index (κ3) is 8.26. The van der Waals surface area contributed by atoms with Crippen LogP contribution < -0.4 is 0 Å². The quantitative estimate of drug-likeness (QED) is 0.338. The maximum absolute atomic E-state index is 10.7. The van der Waals surface area contributed by atoms with E-state index < -0.39 is 11.9 Å². The minimum Gasteiger partial charge on any atom is -0.478 e. The van der Waals surface area contributed by atoms with E-state index in [4.69, 9.17) is 10.4 Å². The molecule has 0 rings (SSSR count). The van der Waals surface area contributed by atoms with E-state index in [9.17, 15) is 9.59 Å². The van der Waals surface area contributed by atoms with Crippen LogP contribution in [0.25, 0.3) is 0 Å². The molecular weight excluding hydrogens is 210 g/mol. The van der Waals surface area contributed by atoms with Crippen molar-refractivity contribution in [3.05, 3.63) is 36.5 Å². The van der Waals surface area contributed by atoms with E-state index in [1.165, 1.54) is 20.1 Å². The number of nitriles is 1. The lowest BCUT2D eigenvalue weighted by atomic mass is 10.2. The Morgan fingerprint density at radius 3 is 2.19 bits per heavy atom. The zero-order chi connectivity index (χ0) is 13.1. The van der Waals surface area contributed by atoms with Gasteiger partial charge in [-0.25, -0.2) is 9.59 Å². The number of hydrogen-bond acceptors (Lipinski definition) is 4. The number of carbonyl (C=O) groups excluding carboxylic acids is 1. The molecule has 0 bridgehead atoms. The van der Waals surface area contributed by atoms with Crippen LogP contribution in [-0.4, -0.2) is 24.2 Å². The Balaban J connectivity index is 0. The molecule has 1 N–H and O–H groups in total. The third-order valence-corrected chi connectivity index (χ3v) is 1.27. The molecule has 5 heteroatoms. The highest BCUT2D eigenvalue weighted by Gasteiger charge is 2.06. The van der Waals surface area contributed by atoms with E-state index in [0.29, 0.717) is 0 Å². The number of ether oxygens (including phenoxy) is 1. The molecule has 0 aliphatic heterocycles. The Morgan fingerprint density at radius 1 is 1.50 bits per heavy atom. The summed E-state index contributed by atoms with van der Waals surface area (Å²) < 4.78 is 4.32. The van der Waals surface area contributed by atoms with Gasteiger partial charge in [-0.2, -0.15) is 5.26 Å². The Labute approximate surface area is 93.9 Å². The Hall–Kier alpha value is -2.35. The highest BCUT2D eigenvalue weighted by atomic mass is 16.5. The molecule has 0 saturated carbocycles. The number of carboxylic acids is 1. The van der Waals surface area contributed by atoms with Gasteiger partial charge in [0.25, 0.3) is 0 Å². The minimum atomic E-state index is -1.08. The van der Waals surface area contributed by atoms with E-state index in [1.54, 1.807) is 6.07 Å². The van der Waals surface area contributed by atoms with Gasteiger partial charge in [0.15, 0.2) is 0 Å². The highest BCUT2D eigenvalue weighted by molar-refractivity contribution is 5.94. The average Bonchev–Trinajstić information content (AvgIpc) is 2.27. The van der Waals surface area contributed by atoms with Gasteiger partial charge in [-0.15, -0.1) is 0 Å². The van der Waals surface area contributed by atoms with Crippen molar-refractivity contribution in [1.29, 1.82) is 5.26 Å². The number of nitrogens with zero attached hydrogens (tertiary/aromatic N) is 1. The summed E-state index contributed by atoms with van der Waals surface area (Å²) in [6, 6.07) is 1.69. The average molecular weight is 223 g/mol. The van der Waals surface area contributed by atoms with Crippen molar-refractivity contribution >= 4 is 11.9 Å². The standard InChI is InChI=1S/C8H10O4.C3H3N/c1-5(7(9)10)4-6(2)8(11)12-3;1-2-3-4/h4H,2H2,1,3H3,(H,9,10);2H,1H2. The first-order chi connectivity index (χ1) is 7.40. The van der Waals surface area contributed by atoms with Crippen molar-refractivity contribution in [2.75, 3.05) is 7.11 Å². The fraction of sp³-hybridized carbons (Fsp3) is 0.182. The molecule has 0 fully saturated rings. The molecule has 0 amide bonds. The molecule has 0 aromatic carbocycles. The fourth-order valence-electron chi connectivity index (χ4n) is 0.513. The van der Waals surface area contributed by atoms with Crippen molar-refractivity contribution in [2.45, 2.75) is 6.92 Å². The smallest absolute Gasteiger partial charge is 0.337 e. The van der Waals surface area contributed by atoms with Gasteiger partial charge in [-0.3, -0.25) is 0 Å². The van der Waals surface area contributed by atoms with E-state index in [0.717, 1.165) is 6.08 Å². The molecular formula is C11H13NO4. The summed E-state index contributed by atoms with van der Waals surface area (Å²) in [6.07, 6.45) is 2.34. The Morgan fingerprint density at radius 2 is 1.94 bits per heavy atom. The summed E-state index contributed by atoms with van der Waals surface area (Å²) in [6.45, 7) is 7.82. The summed E-state index contributed by atoms with van der Waals surface area (Å²) in [4.78, 5) is 21.0. The SMILES string of the molecule is C=C(C=C(C)C(=O)O)C(=O)OC.C=CC#N. The van der Waals surface area contributed by atoms with Crippen LogP contribution in [0.15, 0.2) is 36.5 Å². The molecule has 0 aromatic rings. The second-order valence-electron chi connectivity index (χ2n) is 2.48. The first-order valence-electron chi connectivity index (χ1n) is 4.10. The second kappa shape index (κ2) is 9.21. The number of methoxy groups -OCH3 is 1. The van der Waals surface area contributed by atoms with E-state index in [2.05, 4.69) is 17.9 Å². The van der Waals surface area contributed by atoms with Crippen LogP contribution in [0.1, 0.15) is 6.92 Å². The van der Waals surface area contributed by atoms with Crippen LogP contribution in [0, 0.1) is 11.3 Å². The number of carbonyl (C=O) groups is 2. The number of carboxylic acid groups (broad SMARTS) is 1. The van der Waals surface area contributed by atoms with Gasteiger partial charge >= 0.3 is 11.9 Å². The van der Waals surface area contributed by atoms with Crippen LogP contribution >= 0.6 is 0 Å². The predicted molar refractivity (Wildman–Crippen MR) is 58.4 cm³/mol. The number of esters is 1. The van der Waals surface area contributed by atoms with Gasteiger partial charge in [-0.05, 0) is 13.0 Å². The van der Waals surface area contributed by atoms with Crippen LogP contribution in [-0.2, 0) is 14.3 Å². The highest BCUT2D eigenvalue weighted by Crippen LogP contribution is 2.01. The summed E-state index contributed by atoms with van der Waals surface area (Å²) in [5.74, 6) is -1.71. The van der Waals surface area contributed by atoms with Gasteiger partial charge in [0.05, 0.1) is 18.8 Å². The van der Waals surface area contributed by atoms with Gasteiger partial charge in [-0.1, -0.05) is 13.2 Å². The Kier molecular flexibility index (Phi) is 9.27. The number of hydrogen-bond donors (Lipinski definition) is 1. The topological polar surface area (TPSA) is 87.4 Å². The third-order valence-electron chi connectivity index (χ3n) is 1.27. The van der Waals surface area contributed by atoms with Gasteiger partial charge in [0.1, 0.15) is 0 Å². The first-order valence-corrected chi connectivity index (χ1v) is 4.10. The number of allylic oxidation sites excluding steroid dienone is 1. The minimum absolute atomic E-state index is 0.0254. The van der Waals surface area contributed by atoms with Gasteiger partial charge in [0.2, 0.25) is 0 Å². The van der Waals surface area contributed by atoms with Crippen molar-refractivity contribution in [2.24, 2.45) is 0 Å². The molecule has 86 valence electrons. The van der Waals surface area contributed by atoms with Gasteiger partial charge in [0, 0.05) is 11.6 Å². The normalized spacial score (nSPS) is 8.94. The summed E-state index contributed by atoms with van der Waals surface area (Å²) >= 11 is 0. The monoisotopic (exact) mass is 223 g/mol. The van der Waals surface area contributed by atoms with Crippen LogP contribution in [0.4, 0.5) is 0 Å². The maximum atomic E-state index is 10.7. The molecule has 0 unspecified atom stereocenters. The maximum Gasteiger partial charge on any atom is 0.337 e. The zero-order valence-electron chi connectivity index (χ0n) is 9.19. The van der Waals surface area contributed by atoms with Gasteiger partial charge < -0.3 is 9.84 Å². The number of aliphatic carboxylic acids is 1. The van der Waals surface area contributed by atoms with Crippen LogP contribution in [0.2, 0.25) is 0 Å². The molecule has 16 heavy (non-hydrogen) atoms. The van der Waals surface area contributed by atoms with E-state index in [1.807, 2.05) is 0 Å². The molecule has 0 atom stereocenters. The molecule has 0 spiro atoms. The fourth-order valence-corrected chi connectivity index (χ4v) is 0.513. The molecule has 0 aromatic heterocycles. The molecule has 5 nitrogen and oxygen atoms in total. The van der Waals surface area contributed by atoms with E-state index >= 15 is 0 Å². The van der Waals surface area contributed by atoms with E-state index in [-0.39, 0.29) is 11.1 Å². The molecule has 0 saturated heterocycles. The van der Waals surface area contributed by atoms with Crippen LogP contribution in [0.3, 0.4) is 0 Å². The Bertz CT molecular complexity index is 361. The molecule has 0 aliphatic carbocycles. The summed E-state index contributed by atoms with van der Waals surface area (Å²) in [7, 11) is 1.21. The predicted octanol–water partition coefficient (Wildman–Crippen LogP) is 1.44. The van der Waals surface area contributed by atoms with Crippen molar-refractivity contribution in [3.63, 3.8) is 0 Å². The summed E-state index contributed by atoms with van der Waals surface area (Å²) in [5, 5.41) is 15.9. The lowest BCUT2D eigenvalue weighted by Gasteiger charge is -1.97. The van der Waals surface area contributed by atoms with Crippen molar-refractivity contribution in [1.82, 2.24) is 0 Å².